The van der Waals surface area contributed by atoms with Gasteiger partial charge in [0.05, 0.1) is 32.0 Å². The summed E-state index contributed by atoms with van der Waals surface area (Å²) in [6.07, 6.45) is 1.36. The van der Waals surface area contributed by atoms with E-state index >= 15 is 0 Å². The molecular formula is C13H24N2O3S. The molecule has 1 aromatic heterocycles. The summed E-state index contributed by atoms with van der Waals surface area (Å²) in [6.45, 7) is 8.63. The predicted octanol–water partition coefficient (Wildman–Crippen LogP) is 1.52. The van der Waals surface area contributed by atoms with E-state index in [1.807, 2.05) is 27.0 Å². The first kappa shape index (κ1) is 16.5. The standard InChI is InChI=1S/C13H24N2O3S/c1-4-17-5-6-18-9-12(16)8-14-11(3)13-15-7-10(2)19-13/h7,11-12,14,16H,4-6,8-9H2,1-3H3. The summed E-state index contributed by atoms with van der Waals surface area (Å²) in [5.74, 6) is 0. The highest BCUT2D eigenvalue weighted by molar-refractivity contribution is 7.11. The first-order valence-corrected chi connectivity index (χ1v) is 7.44. The van der Waals surface area contributed by atoms with Crippen molar-refractivity contribution in [1.82, 2.24) is 10.3 Å². The quantitative estimate of drug-likeness (QED) is 0.639. The van der Waals surface area contributed by atoms with Crippen molar-refractivity contribution >= 4 is 11.3 Å². The summed E-state index contributed by atoms with van der Waals surface area (Å²) in [4.78, 5) is 5.51. The Morgan fingerprint density at radius 2 is 2.16 bits per heavy atom. The molecule has 2 N–H and O–H groups in total. The third-order valence-corrected chi connectivity index (χ3v) is 3.65. The SMILES string of the molecule is CCOCCOCC(O)CNC(C)c1ncc(C)s1. The number of aliphatic hydroxyl groups excluding tert-OH is 1. The van der Waals surface area contributed by atoms with E-state index < -0.39 is 6.10 Å². The molecule has 0 aliphatic heterocycles. The molecule has 0 amide bonds. The van der Waals surface area contributed by atoms with Crippen LogP contribution in [0.4, 0.5) is 0 Å². The van der Waals surface area contributed by atoms with Crippen LogP contribution in [0, 0.1) is 6.92 Å². The zero-order valence-corrected chi connectivity index (χ0v) is 12.7. The molecule has 5 nitrogen and oxygen atoms in total. The van der Waals surface area contributed by atoms with Crippen molar-refractivity contribution in [3.05, 3.63) is 16.1 Å². The van der Waals surface area contributed by atoms with Crippen LogP contribution < -0.4 is 5.32 Å². The zero-order chi connectivity index (χ0) is 14.1. The van der Waals surface area contributed by atoms with Gasteiger partial charge >= 0.3 is 0 Å². The molecule has 110 valence electrons. The van der Waals surface area contributed by atoms with Crippen LogP contribution in [0.1, 0.15) is 29.8 Å². The Balaban J connectivity index is 2.10. The molecule has 2 unspecified atom stereocenters. The van der Waals surface area contributed by atoms with Crippen molar-refractivity contribution in [3.8, 4) is 0 Å². The molecule has 1 heterocycles. The van der Waals surface area contributed by atoms with Crippen molar-refractivity contribution < 1.29 is 14.6 Å². The zero-order valence-electron chi connectivity index (χ0n) is 11.9. The molecule has 0 fully saturated rings. The lowest BCUT2D eigenvalue weighted by atomic mass is 10.3. The average molecular weight is 288 g/mol. The van der Waals surface area contributed by atoms with Gasteiger partial charge in [-0.15, -0.1) is 11.3 Å². The highest BCUT2D eigenvalue weighted by atomic mass is 32.1. The van der Waals surface area contributed by atoms with Crippen molar-refractivity contribution in [3.63, 3.8) is 0 Å². The van der Waals surface area contributed by atoms with Crippen molar-refractivity contribution in [2.45, 2.75) is 32.9 Å². The maximum Gasteiger partial charge on any atom is 0.109 e. The summed E-state index contributed by atoms with van der Waals surface area (Å²) < 4.78 is 10.5. The van der Waals surface area contributed by atoms with Gasteiger partial charge in [-0.25, -0.2) is 4.98 Å². The number of aromatic nitrogens is 1. The van der Waals surface area contributed by atoms with Gasteiger partial charge in [0, 0.05) is 24.2 Å². The second kappa shape index (κ2) is 9.39. The number of ether oxygens (including phenoxy) is 2. The smallest absolute Gasteiger partial charge is 0.109 e. The molecule has 0 saturated carbocycles. The van der Waals surface area contributed by atoms with Crippen molar-refractivity contribution in [1.29, 1.82) is 0 Å². The van der Waals surface area contributed by atoms with Gasteiger partial charge in [0.25, 0.3) is 0 Å². The maximum absolute atomic E-state index is 9.76. The van der Waals surface area contributed by atoms with Crippen molar-refractivity contribution in [2.24, 2.45) is 0 Å². The fraction of sp³-hybridized carbons (Fsp3) is 0.769. The fourth-order valence-corrected chi connectivity index (χ4v) is 2.31. The van der Waals surface area contributed by atoms with Gasteiger partial charge in [-0.2, -0.15) is 0 Å². The molecule has 2 atom stereocenters. The van der Waals surface area contributed by atoms with E-state index in [1.54, 1.807) is 11.3 Å². The lowest BCUT2D eigenvalue weighted by Crippen LogP contribution is -2.32. The van der Waals surface area contributed by atoms with Gasteiger partial charge in [-0.05, 0) is 20.8 Å². The molecule has 1 aromatic rings. The van der Waals surface area contributed by atoms with Crippen LogP contribution in [-0.4, -0.2) is 49.2 Å². The third kappa shape index (κ3) is 6.98. The lowest BCUT2D eigenvalue weighted by molar-refractivity contribution is 0.00586. The normalized spacial score (nSPS) is 14.5. The van der Waals surface area contributed by atoms with E-state index in [0.717, 1.165) is 5.01 Å². The summed E-state index contributed by atoms with van der Waals surface area (Å²) in [7, 11) is 0. The molecule has 0 aliphatic carbocycles. The van der Waals surface area contributed by atoms with Crippen LogP contribution >= 0.6 is 11.3 Å². The second-order valence-corrected chi connectivity index (χ2v) is 5.63. The van der Waals surface area contributed by atoms with E-state index in [2.05, 4.69) is 10.3 Å². The minimum absolute atomic E-state index is 0.150. The Labute approximate surface area is 119 Å². The summed E-state index contributed by atoms with van der Waals surface area (Å²) in [6, 6.07) is 0.150. The van der Waals surface area contributed by atoms with Crippen LogP contribution in [0.2, 0.25) is 0 Å². The highest BCUT2D eigenvalue weighted by Gasteiger charge is 2.11. The first-order valence-electron chi connectivity index (χ1n) is 6.62. The largest absolute Gasteiger partial charge is 0.389 e. The lowest BCUT2D eigenvalue weighted by Gasteiger charge is -2.15. The van der Waals surface area contributed by atoms with E-state index in [-0.39, 0.29) is 6.04 Å². The number of nitrogens with one attached hydrogen (secondary N) is 1. The number of hydrogen-bond donors (Lipinski definition) is 2. The Kier molecular flexibility index (Phi) is 8.16. The molecule has 0 bridgehead atoms. The average Bonchev–Trinajstić information content (AvgIpc) is 2.82. The Bertz CT molecular complexity index is 346. The number of aryl methyl sites for hydroxylation is 1. The Morgan fingerprint density at radius 3 is 2.79 bits per heavy atom. The fourth-order valence-electron chi connectivity index (χ4n) is 1.51. The maximum atomic E-state index is 9.76. The van der Waals surface area contributed by atoms with E-state index in [1.165, 1.54) is 4.88 Å². The van der Waals surface area contributed by atoms with Crippen LogP contribution in [0.3, 0.4) is 0 Å². The minimum atomic E-state index is -0.509. The van der Waals surface area contributed by atoms with Crippen LogP contribution in [0.15, 0.2) is 6.20 Å². The molecule has 6 heteroatoms. The second-order valence-electron chi connectivity index (χ2n) is 4.36. The van der Waals surface area contributed by atoms with Gasteiger partial charge < -0.3 is 19.9 Å². The summed E-state index contributed by atoms with van der Waals surface area (Å²) in [5, 5.41) is 14.1. The van der Waals surface area contributed by atoms with E-state index in [0.29, 0.717) is 33.0 Å². The summed E-state index contributed by atoms with van der Waals surface area (Å²) >= 11 is 1.67. The molecule has 0 aromatic carbocycles. The molecule has 0 radical (unpaired) electrons. The van der Waals surface area contributed by atoms with Crippen LogP contribution in [0.25, 0.3) is 0 Å². The number of thiazole rings is 1. The third-order valence-electron chi connectivity index (χ3n) is 2.56. The molecular weight excluding hydrogens is 264 g/mol. The van der Waals surface area contributed by atoms with Gasteiger partial charge in [0.2, 0.25) is 0 Å². The Hall–Kier alpha value is -0.530. The minimum Gasteiger partial charge on any atom is -0.389 e. The number of nitrogens with zero attached hydrogens (tertiary/aromatic N) is 1. The van der Waals surface area contributed by atoms with E-state index in [9.17, 15) is 5.11 Å². The van der Waals surface area contributed by atoms with Gasteiger partial charge in [-0.1, -0.05) is 0 Å². The van der Waals surface area contributed by atoms with Crippen molar-refractivity contribution in [2.75, 3.05) is 33.0 Å². The molecule has 0 spiro atoms. The Morgan fingerprint density at radius 1 is 1.42 bits per heavy atom. The van der Waals surface area contributed by atoms with Crippen LogP contribution in [-0.2, 0) is 9.47 Å². The molecule has 1 rings (SSSR count). The molecule has 0 aliphatic rings. The van der Waals surface area contributed by atoms with Crippen LogP contribution in [0.5, 0.6) is 0 Å². The van der Waals surface area contributed by atoms with Gasteiger partial charge in [0.1, 0.15) is 5.01 Å². The van der Waals surface area contributed by atoms with Gasteiger partial charge in [-0.3, -0.25) is 0 Å². The molecule has 19 heavy (non-hydrogen) atoms. The van der Waals surface area contributed by atoms with E-state index in [4.69, 9.17) is 9.47 Å². The first-order chi connectivity index (χ1) is 9.13. The predicted molar refractivity (Wildman–Crippen MR) is 76.6 cm³/mol. The summed E-state index contributed by atoms with van der Waals surface area (Å²) in [5.41, 5.74) is 0. The molecule has 0 saturated heterocycles. The number of rotatable bonds is 10. The highest BCUT2D eigenvalue weighted by Crippen LogP contribution is 2.18. The number of aliphatic hydroxyl groups is 1. The monoisotopic (exact) mass is 288 g/mol. The topological polar surface area (TPSA) is 63.6 Å². The number of hydrogen-bond acceptors (Lipinski definition) is 6. The van der Waals surface area contributed by atoms with Gasteiger partial charge in [0.15, 0.2) is 0 Å².